The molecule has 4 nitrogen and oxygen atoms in total. The molecule has 92 valence electrons. The number of amides is 1. The largest absolute Gasteiger partial charge is 0.481 e. The fraction of sp³-hybridized carbons (Fsp3) is 0.455. The Morgan fingerprint density at radius 3 is 2.76 bits per heavy atom. The molecular formula is C11H12BrNO3S. The number of hydrogen-bond acceptors (Lipinski definition) is 3. The van der Waals surface area contributed by atoms with Gasteiger partial charge in [0, 0.05) is 27.7 Å². The van der Waals surface area contributed by atoms with E-state index in [0.717, 1.165) is 14.2 Å². The number of likely N-dealkylation sites (tertiary alicyclic amines) is 1. The van der Waals surface area contributed by atoms with Gasteiger partial charge >= 0.3 is 5.97 Å². The van der Waals surface area contributed by atoms with E-state index < -0.39 is 11.9 Å². The first-order valence-corrected chi connectivity index (χ1v) is 6.77. The van der Waals surface area contributed by atoms with Gasteiger partial charge in [-0.15, -0.1) is 11.3 Å². The molecule has 1 N–H and O–H groups in total. The molecule has 1 aliphatic rings. The molecule has 0 bridgehead atoms. The summed E-state index contributed by atoms with van der Waals surface area (Å²) in [4.78, 5) is 26.4. The predicted octanol–water partition coefficient (Wildman–Crippen LogP) is 2.42. The zero-order valence-corrected chi connectivity index (χ0v) is 11.8. The van der Waals surface area contributed by atoms with Crippen molar-refractivity contribution >= 4 is 39.1 Å². The zero-order chi connectivity index (χ0) is 12.7. The quantitative estimate of drug-likeness (QED) is 0.911. The Morgan fingerprint density at radius 2 is 2.29 bits per heavy atom. The second-order valence-electron chi connectivity index (χ2n) is 4.15. The van der Waals surface area contributed by atoms with Crippen LogP contribution in [0.25, 0.3) is 0 Å². The number of hydrogen-bond donors (Lipinski definition) is 1. The van der Waals surface area contributed by atoms with Gasteiger partial charge in [0.2, 0.25) is 5.91 Å². The highest BCUT2D eigenvalue weighted by molar-refractivity contribution is 9.10. The van der Waals surface area contributed by atoms with Crippen LogP contribution in [0.5, 0.6) is 0 Å². The summed E-state index contributed by atoms with van der Waals surface area (Å²) in [7, 11) is 1.67. The van der Waals surface area contributed by atoms with Crippen LogP contribution >= 0.6 is 27.3 Å². The van der Waals surface area contributed by atoms with E-state index in [4.69, 9.17) is 0 Å². The second kappa shape index (κ2) is 4.42. The Hall–Kier alpha value is -0.880. The van der Waals surface area contributed by atoms with Crippen LogP contribution in [0.4, 0.5) is 0 Å². The maximum absolute atomic E-state index is 11.6. The van der Waals surface area contributed by atoms with Crippen molar-refractivity contribution in [2.75, 3.05) is 7.05 Å². The van der Waals surface area contributed by atoms with E-state index in [-0.39, 0.29) is 18.4 Å². The van der Waals surface area contributed by atoms with Gasteiger partial charge in [-0.05, 0) is 28.9 Å². The molecule has 17 heavy (non-hydrogen) atoms. The highest BCUT2D eigenvalue weighted by Crippen LogP contribution is 2.42. The first-order chi connectivity index (χ1) is 7.91. The fourth-order valence-electron chi connectivity index (χ4n) is 2.11. The average Bonchev–Trinajstić information content (AvgIpc) is 2.71. The van der Waals surface area contributed by atoms with Crippen LogP contribution in [-0.2, 0) is 9.59 Å². The van der Waals surface area contributed by atoms with Gasteiger partial charge < -0.3 is 10.0 Å². The van der Waals surface area contributed by atoms with E-state index in [2.05, 4.69) is 15.9 Å². The number of carbonyl (C=O) groups excluding carboxylic acids is 1. The third kappa shape index (κ3) is 2.11. The SMILES string of the molecule is Cc1sc(C2C(C(=O)O)CC(=O)N2C)cc1Br. The summed E-state index contributed by atoms with van der Waals surface area (Å²) in [5.74, 6) is -1.66. The van der Waals surface area contributed by atoms with Crippen molar-refractivity contribution < 1.29 is 14.7 Å². The lowest BCUT2D eigenvalue weighted by Gasteiger charge is -2.21. The van der Waals surface area contributed by atoms with E-state index in [1.54, 1.807) is 7.05 Å². The number of carboxylic acid groups (broad SMARTS) is 1. The zero-order valence-electron chi connectivity index (χ0n) is 9.44. The summed E-state index contributed by atoms with van der Waals surface area (Å²) in [6, 6.07) is 1.57. The number of carbonyl (C=O) groups is 2. The molecule has 2 heterocycles. The Bertz CT molecular complexity index is 466. The lowest BCUT2D eigenvalue weighted by atomic mass is 9.99. The summed E-state index contributed by atoms with van der Waals surface area (Å²) in [5.41, 5.74) is 0. The molecule has 0 spiro atoms. The number of thiophene rings is 1. The normalized spacial score (nSPS) is 24.4. The number of aryl methyl sites for hydroxylation is 1. The lowest BCUT2D eigenvalue weighted by molar-refractivity contribution is -0.142. The van der Waals surface area contributed by atoms with Crippen molar-refractivity contribution in [2.24, 2.45) is 5.92 Å². The van der Waals surface area contributed by atoms with Gasteiger partial charge in [0.25, 0.3) is 0 Å². The molecule has 0 radical (unpaired) electrons. The lowest BCUT2D eigenvalue weighted by Crippen LogP contribution is -2.26. The molecule has 0 aliphatic carbocycles. The highest BCUT2D eigenvalue weighted by Gasteiger charge is 2.43. The average molecular weight is 318 g/mol. The minimum absolute atomic E-state index is 0.0884. The third-order valence-electron chi connectivity index (χ3n) is 3.07. The van der Waals surface area contributed by atoms with Crippen molar-refractivity contribution in [3.63, 3.8) is 0 Å². The Labute approximate surface area is 111 Å². The smallest absolute Gasteiger partial charge is 0.309 e. The van der Waals surface area contributed by atoms with Crippen molar-refractivity contribution in [1.29, 1.82) is 0 Å². The standard InChI is InChI=1S/C11H12BrNO3S/c1-5-7(12)4-8(17-5)10-6(11(15)16)3-9(14)13(10)2/h4,6,10H,3H2,1-2H3,(H,15,16). The van der Waals surface area contributed by atoms with Gasteiger partial charge in [-0.25, -0.2) is 0 Å². The molecule has 6 heteroatoms. The molecule has 1 aromatic heterocycles. The van der Waals surface area contributed by atoms with Crippen molar-refractivity contribution in [3.05, 3.63) is 20.3 Å². The van der Waals surface area contributed by atoms with E-state index >= 15 is 0 Å². The van der Waals surface area contributed by atoms with Crippen LogP contribution < -0.4 is 0 Å². The summed E-state index contributed by atoms with van der Waals surface area (Å²) < 4.78 is 0.967. The summed E-state index contributed by atoms with van der Waals surface area (Å²) in [6.07, 6.45) is 0.0884. The molecule has 2 rings (SSSR count). The number of rotatable bonds is 2. The number of carboxylic acids is 1. The van der Waals surface area contributed by atoms with E-state index in [1.807, 2.05) is 13.0 Å². The van der Waals surface area contributed by atoms with E-state index in [0.29, 0.717) is 0 Å². The van der Waals surface area contributed by atoms with Crippen molar-refractivity contribution in [3.8, 4) is 0 Å². The first kappa shape index (κ1) is 12.6. The second-order valence-corrected chi connectivity index (χ2v) is 6.29. The van der Waals surface area contributed by atoms with Gasteiger partial charge in [0.05, 0.1) is 12.0 Å². The van der Waals surface area contributed by atoms with Gasteiger partial charge in [-0.1, -0.05) is 0 Å². The van der Waals surface area contributed by atoms with Crippen LogP contribution in [0.15, 0.2) is 10.5 Å². The molecule has 1 fully saturated rings. The minimum Gasteiger partial charge on any atom is -0.481 e. The predicted molar refractivity (Wildman–Crippen MR) is 68.0 cm³/mol. The van der Waals surface area contributed by atoms with Crippen LogP contribution in [0.3, 0.4) is 0 Å². The van der Waals surface area contributed by atoms with Gasteiger partial charge in [-0.3, -0.25) is 9.59 Å². The molecule has 1 aliphatic heterocycles. The van der Waals surface area contributed by atoms with Crippen LogP contribution in [-0.4, -0.2) is 28.9 Å². The van der Waals surface area contributed by atoms with Gasteiger partial charge in [0.1, 0.15) is 0 Å². The maximum atomic E-state index is 11.6. The maximum Gasteiger partial charge on any atom is 0.309 e. The van der Waals surface area contributed by atoms with Crippen LogP contribution in [0, 0.1) is 12.8 Å². The van der Waals surface area contributed by atoms with Gasteiger partial charge in [-0.2, -0.15) is 0 Å². The number of halogens is 1. The van der Waals surface area contributed by atoms with Crippen molar-refractivity contribution in [1.82, 2.24) is 4.90 Å². The summed E-state index contributed by atoms with van der Waals surface area (Å²) in [6.45, 7) is 1.96. The van der Waals surface area contributed by atoms with E-state index in [9.17, 15) is 14.7 Å². The van der Waals surface area contributed by atoms with Gasteiger partial charge in [0.15, 0.2) is 0 Å². The fourth-order valence-corrected chi connectivity index (χ4v) is 3.88. The Morgan fingerprint density at radius 1 is 1.65 bits per heavy atom. The van der Waals surface area contributed by atoms with Crippen LogP contribution in [0.2, 0.25) is 0 Å². The molecule has 2 unspecified atom stereocenters. The third-order valence-corrected chi connectivity index (χ3v) is 5.28. The van der Waals surface area contributed by atoms with Crippen LogP contribution in [0.1, 0.15) is 22.2 Å². The Kier molecular flexibility index (Phi) is 3.27. The Balaban J connectivity index is 2.40. The number of aliphatic carboxylic acids is 1. The topological polar surface area (TPSA) is 57.6 Å². The molecule has 0 saturated carbocycles. The molecule has 1 amide bonds. The first-order valence-electron chi connectivity index (χ1n) is 5.16. The summed E-state index contributed by atoms with van der Waals surface area (Å²) >= 11 is 4.95. The molecule has 0 aromatic carbocycles. The van der Waals surface area contributed by atoms with Crippen molar-refractivity contribution in [2.45, 2.75) is 19.4 Å². The number of nitrogens with zero attached hydrogens (tertiary/aromatic N) is 1. The molecule has 2 atom stereocenters. The highest BCUT2D eigenvalue weighted by atomic mass is 79.9. The molecule has 1 aromatic rings. The monoisotopic (exact) mass is 317 g/mol. The minimum atomic E-state index is -0.908. The molecule has 1 saturated heterocycles. The molecular weight excluding hydrogens is 306 g/mol. The summed E-state index contributed by atoms with van der Waals surface area (Å²) in [5, 5.41) is 9.17. The van der Waals surface area contributed by atoms with E-state index in [1.165, 1.54) is 16.2 Å².